The molecular formula is C23H25N3O3. The van der Waals surface area contributed by atoms with E-state index >= 15 is 0 Å². The number of hydrogen-bond acceptors (Lipinski definition) is 6. The van der Waals surface area contributed by atoms with Gasteiger partial charge in [0.15, 0.2) is 5.78 Å². The molecule has 6 heteroatoms. The molecule has 0 saturated heterocycles. The summed E-state index contributed by atoms with van der Waals surface area (Å²) in [5, 5.41) is 20.6. The van der Waals surface area contributed by atoms with Crippen molar-refractivity contribution in [3.05, 3.63) is 71.4 Å². The van der Waals surface area contributed by atoms with E-state index in [0.29, 0.717) is 22.6 Å². The first-order chi connectivity index (χ1) is 13.7. The summed E-state index contributed by atoms with van der Waals surface area (Å²) in [6.07, 6.45) is 0.480. The molecule has 2 unspecified atom stereocenters. The van der Waals surface area contributed by atoms with Gasteiger partial charge < -0.3 is 20.5 Å². The summed E-state index contributed by atoms with van der Waals surface area (Å²) >= 11 is 0. The monoisotopic (exact) mass is 391 g/mol. The summed E-state index contributed by atoms with van der Waals surface area (Å²) in [5.74, 6) is 0.467. The zero-order valence-corrected chi connectivity index (χ0v) is 16.8. The van der Waals surface area contributed by atoms with Crippen molar-refractivity contribution in [1.82, 2.24) is 0 Å². The third-order valence-corrected chi connectivity index (χ3v) is 5.01. The van der Waals surface area contributed by atoms with E-state index in [9.17, 15) is 15.2 Å². The summed E-state index contributed by atoms with van der Waals surface area (Å²) in [4.78, 5) is 13.5. The quantitative estimate of drug-likeness (QED) is 0.760. The lowest BCUT2D eigenvalue weighted by molar-refractivity contribution is -0.112. The van der Waals surface area contributed by atoms with Gasteiger partial charge >= 0.3 is 0 Å². The van der Waals surface area contributed by atoms with Crippen LogP contribution in [0.25, 0.3) is 0 Å². The van der Waals surface area contributed by atoms with Gasteiger partial charge in [0.25, 0.3) is 0 Å². The number of ketones is 1. The van der Waals surface area contributed by atoms with Gasteiger partial charge in [-0.25, -0.2) is 0 Å². The minimum absolute atomic E-state index is 0.143. The van der Waals surface area contributed by atoms with Gasteiger partial charge in [-0.3, -0.25) is 4.79 Å². The molecule has 0 aromatic heterocycles. The molecule has 2 aromatic rings. The van der Waals surface area contributed by atoms with Crippen molar-refractivity contribution in [3.8, 4) is 11.8 Å². The van der Waals surface area contributed by atoms with Crippen molar-refractivity contribution in [2.24, 2.45) is 5.73 Å². The lowest BCUT2D eigenvalue weighted by atomic mass is 9.84. The minimum atomic E-state index is -0.908. The molecule has 2 aromatic carbocycles. The molecule has 0 amide bonds. The van der Waals surface area contributed by atoms with E-state index in [1.54, 1.807) is 18.2 Å². The molecular weight excluding hydrogens is 366 g/mol. The molecule has 150 valence electrons. The maximum Gasteiger partial charge on any atom is 0.154 e. The highest BCUT2D eigenvalue weighted by atomic mass is 16.5. The molecule has 6 nitrogen and oxygen atoms in total. The van der Waals surface area contributed by atoms with Crippen molar-refractivity contribution in [2.75, 3.05) is 11.4 Å². The second-order valence-corrected chi connectivity index (χ2v) is 7.75. The second kappa shape index (κ2) is 7.98. The number of ether oxygens (including phenoxy) is 1. The number of para-hydroxylation sites is 1. The van der Waals surface area contributed by atoms with Crippen LogP contribution in [-0.2, 0) is 4.79 Å². The number of anilines is 1. The summed E-state index contributed by atoms with van der Waals surface area (Å²) in [7, 11) is 0. The Morgan fingerprint density at radius 2 is 2.00 bits per heavy atom. The van der Waals surface area contributed by atoms with Crippen molar-refractivity contribution < 1.29 is 14.6 Å². The van der Waals surface area contributed by atoms with Crippen LogP contribution in [0, 0.1) is 11.3 Å². The molecule has 0 bridgehead atoms. The Hall–Kier alpha value is -3.30. The van der Waals surface area contributed by atoms with Crippen LogP contribution in [0.3, 0.4) is 0 Å². The molecule has 0 aliphatic carbocycles. The maximum absolute atomic E-state index is 11.5. The number of aliphatic hydroxyl groups excluding tert-OH is 1. The number of rotatable bonds is 5. The SMILES string of the molecule is CC(=O)C=C(N)CN(c1ccccc1)C1c2cc(C#N)ccc2OC(C)(C)C1O. The average Bonchev–Trinajstić information content (AvgIpc) is 2.67. The topological polar surface area (TPSA) is 99.6 Å². The van der Waals surface area contributed by atoms with E-state index in [2.05, 4.69) is 6.07 Å². The fourth-order valence-corrected chi connectivity index (χ4v) is 3.65. The summed E-state index contributed by atoms with van der Waals surface area (Å²) in [6.45, 7) is 5.33. The fraction of sp³-hybridized carbons (Fsp3) is 0.304. The van der Waals surface area contributed by atoms with Gasteiger partial charge in [-0.15, -0.1) is 0 Å². The average molecular weight is 391 g/mol. The second-order valence-electron chi connectivity index (χ2n) is 7.75. The summed E-state index contributed by atoms with van der Waals surface area (Å²) in [5.41, 5.74) is 7.68. The van der Waals surface area contributed by atoms with Crippen molar-refractivity contribution in [1.29, 1.82) is 5.26 Å². The molecule has 0 saturated carbocycles. The molecule has 3 N–H and O–H groups in total. The number of benzene rings is 2. The van der Waals surface area contributed by atoms with Crippen LogP contribution in [0.4, 0.5) is 5.69 Å². The van der Waals surface area contributed by atoms with Gasteiger partial charge in [0.05, 0.1) is 24.2 Å². The Bertz CT molecular complexity index is 977. The molecule has 1 aliphatic rings. The molecule has 1 heterocycles. The fourth-order valence-electron chi connectivity index (χ4n) is 3.65. The Balaban J connectivity index is 2.17. The molecule has 0 spiro atoms. The number of allylic oxidation sites excluding steroid dienone is 1. The van der Waals surface area contributed by atoms with E-state index in [1.165, 1.54) is 13.0 Å². The van der Waals surface area contributed by atoms with Gasteiger partial charge in [0.2, 0.25) is 0 Å². The molecule has 0 fully saturated rings. The van der Waals surface area contributed by atoms with Crippen LogP contribution in [0.5, 0.6) is 5.75 Å². The highest BCUT2D eigenvalue weighted by Crippen LogP contribution is 2.44. The van der Waals surface area contributed by atoms with Crippen molar-refractivity contribution >= 4 is 11.5 Å². The van der Waals surface area contributed by atoms with E-state index in [4.69, 9.17) is 10.5 Å². The number of nitrogens with zero attached hydrogens (tertiary/aromatic N) is 2. The number of aliphatic hydroxyl groups is 1. The van der Waals surface area contributed by atoms with Gasteiger partial charge in [-0.05, 0) is 51.1 Å². The first kappa shape index (κ1) is 20.4. The summed E-state index contributed by atoms with van der Waals surface area (Å²) in [6, 6.07) is 16.4. The van der Waals surface area contributed by atoms with E-state index in [-0.39, 0.29) is 12.3 Å². The largest absolute Gasteiger partial charge is 0.485 e. The first-order valence-corrected chi connectivity index (χ1v) is 9.42. The summed E-state index contributed by atoms with van der Waals surface area (Å²) < 4.78 is 6.03. The maximum atomic E-state index is 11.5. The van der Waals surface area contributed by atoms with Crippen LogP contribution in [0.15, 0.2) is 60.3 Å². The minimum Gasteiger partial charge on any atom is -0.485 e. The third-order valence-electron chi connectivity index (χ3n) is 5.01. The smallest absolute Gasteiger partial charge is 0.154 e. The normalized spacial score (nSPS) is 20.2. The van der Waals surface area contributed by atoms with Crippen LogP contribution >= 0.6 is 0 Å². The van der Waals surface area contributed by atoms with E-state index in [0.717, 1.165) is 5.69 Å². The molecule has 3 rings (SSSR count). The zero-order chi connectivity index (χ0) is 21.2. The van der Waals surface area contributed by atoms with Crippen molar-refractivity contribution in [3.63, 3.8) is 0 Å². The molecule has 2 atom stereocenters. The number of fused-ring (bicyclic) bond motifs is 1. The number of nitrogens with two attached hydrogens (primary N) is 1. The Morgan fingerprint density at radius 3 is 2.62 bits per heavy atom. The Labute approximate surface area is 170 Å². The number of nitriles is 1. The van der Waals surface area contributed by atoms with Crippen LogP contribution in [-0.4, -0.2) is 29.1 Å². The predicted molar refractivity (Wildman–Crippen MR) is 111 cm³/mol. The highest BCUT2D eigenvalue weighted by molar-refractivity contribution is 5.88. The van der Waals surface area contributed by atoms with Gasteiger partial charge in [0, 0.05) is 23.0 Å². The Morgan fingerprint density at radius 1 is 1.31 bits per heavy atom. The number of carbonyl (C=O) groups excluding carboxylic acids is 1. The predicted octanol–water partition coefficient (Wildman–Crippen LogP) is 3.07. The highest BCUT2D eigenvalue weighted by Gasteiger charge is 2.45. The zero-order valence-electron chi connectivity index (χ0n) is 16.8. The molecule has 0 radical (unpaired) electrons. The van der Waals surface area contributed by atoms with Gasteiger partial charge in [0.1, 0.15) is 17.5 Å². The first-order valence-electron chi connectivity index (χ1n) is 9.42. The lowest BCUT2D eigenvalue weighted by Crippen LogP contribution is -2.54. The number of carbonyl (C=O) groups is 1. The van der Waals surface area contributed by atoms with Crippen molar-refractivity contribution in [2.45, 2.75) is 38.5 Å². The van der Waals surface area contributed by atoms with E-state index in [1.807, 2.05) is 49.1 Å². The Kier molecular flexibility index (Phi) is 5.62. The third kappa shape index (κ3) is 4.25. The van der Waals surface area contributed by atoms with Crippen LogP contribution < -0.4 is 15.4 Å². The standard InChI is InChI=1S/C23H25N3O3/c1-15(27)11-17(25)14-26(18-7-5-4-6-8-18)21-19-12-16(13-24)9-10-20(19)29-23(2,3)22(21)28/h4-12,21-22,28H,14,25H2,1-3H3. The van der Waals surface area contributed by atoms with Crippen LogP contribution in [0.2, 0.25) is 0 Å². The lowest BCUT2D eigenvalue weighted by Gasteiger charge is -2.47. The van der Waals surface area contributed by atoms with Gasteiger partial charge in [-0.2, -0.15) is 5.26 Å². The van der Waals surface area contributed by atoms with Gasteiger partial charge in [-0.1, -0.05) is 18.2 Å². The molecule has 29 heavy (non-hydrogen) atoms. The molecule has 1 aliphatic heterocycles. The van der Waals surface area contributed by atoms with E-state index < -0.39 is 17.7 Å². The van der Waals surface area contributed by atoms with Crippen LogP contribution in [0.1, 0.15) is 37.9 Å². The number of hydrogen-bond donors (Lipinski definition) is 2.